The van der Waals surface area contributed by atoms with Crippen LogP contribution in [0.4, 0.5) is 20.6 Å². The second-order valence-corrected chi connectivity index (χ2v) is 12.4. The van der Waals surface area contributed by atoms with Gasteiger partial charge in [0.1, 0.15) is 5.75 Å². The second kappa shape index (κ2) is 11.8. The van der Waals surface area contributed by atoms with Gasteiger partial charge in [0.2, 0.25) is 0 Å². The van der Waals surface area contributed by atoms with Gasteiger partial charge in [-0.25, -0.2) is 17.6 Å². The number of carbonyl (C=O) groups excluding carboxylic acids is 1. The molecule has 0 aliphatic carbocycles. The summed E-state index contributed by atoms with van der Waals surface area (Å²) in [4.78, 5) is 14.4. The van der Waals surface area contributed by atoms with Crippen molar-refractivity contribution in [1.82, 2.24) is 4.90 Å². The molecule has 0 saturated heterocycles. The molecule has 1 aliphatic rings. The minimum absolute atomic E-state index is 0.00184. The highest BCUT2D eigenvalue weighted by Gasteiger charge is 2.26. The van der Waals surface area contributed by atoms with Gasteiger partial charge in [-0.1, -0.05) is 39.0 Å². The van der Waals surface area contributed by atoms with Gasteiger partial charge in [0.05, 0.1) is 29.9 Å². The van der Waals surface area contributed by atoms with Crippen molar-refractivity contribution in [2.24, 2.45) is 0 Å². The first-order valence-electron chi connectivity index (χ1n) is 12.9. The summed E-state index contributed by atoms with van der Waals surface area (Å²) in [6.45, 7) is 6.56. The summed E-state index contributed by atoms with van der Waals surface area (Å²) < 4.78 is 48.3. The van der Waals surface area contributed by atoms with Crippen molar-refractivity contribution in [3.8, 4) is 5.75 Å². The Morgan fingerprint density at radius 1 is 1.05 bits per heavy atom. The Balaban J connectivity index is 1.39. The average molecular weight is 572 g/mol. The summed E-state index contributed by atoms with van der Waals surface area (Å²) >= 11 is 0. The normalized spacial score (nSPS) is 14.0. The van der Waals surface area contributed by atoms with E-state index in [9.17, 15) is 22.7 Å². The third-order valence-electron chi connectivity index (χ3n) is 6.62. The van der Waals surface area contributed by atoms with Crippen molar-refractivity contribution in [1.29, 1.82) is 0 Å². The van der Waals surface area contributed by atoms with Gasteiger partial charge in [0.15, 0.2) is 5.82 Å². The number of aliphatic hydroxyl groups excluding tert-OH is 2. The molecule has 11 heteroatoms. The maximum absolute atomic E-state index is 14.6. The minimum Gasteiger partial charge on any atom is -0.493 e. The lowest BCUT2D eigenvalue weighted by atomic mass is 9.87. The molecule has 4 N–H and O–H groups in total. The van der Waals surface area contributed by atoms with E-state index in [4.69, 9.17) is 9.84 Å². The number of rotatable bonds is 9. The zero-order valence-corrected chi connectivity index (χ0v) is 23.5. The lowest BCUT2D eigenvalue weighted by Crippen LogP contribution is -2.30. The molecule has 1 heterocycles. The van der Waals surface area contributed by atoms with Crippen LogP contribution in [-0.4, -0.2) is 48.9 Å². The number of urea groups is 1. The molecule has 3 aromatic rings. The number of hydrogen-bond donors (Lipinski definition) is 4. The van der Waals surface area contributed by atoms with Crippen molar-refractivity contribution in [3.05, 3.63) is 83.2 Å². The SMILES string of the molecule is CC(C)(C)c1ccc(NC(=O)N2Cc3ccc(S(=O)(=O)Nc4ccc(OCCC(O)CO)cc4F)cc3C2)cc1. The molecule has 1 aliphatic heterocycles. The first-order valence-corrected chi connectivity index (χ1v) is 14.4. The third kappa shape index (κ3) is 7.09. The number of carbonyl (C=O) groups is 1. The number of amides is 2. The number of ether oxygens (including phenoxy) is 1. The molecule has 0 spiro atoms. The number of halogens is 1. The van der Waals surface area contributed by atoms with Gasteiger partial charge in [-0.15, -0.1) is 0 Å². The van der Waals surface area contributed by atoms with Crippen LogP contribution in [0.5, 0.6) is 5.75 Å². The Morgan fingerprint density at radius 2 is 1.75 bits per heavy atom. The molecule has 0 radical (unpaired) electrons. The van der Waals surface area contributed by atoms with Crippen LogP contribution in [0.1, 0.15) is 43.9 Å². The molecule has 2 amide bonds. The molecule has 0 bridgehead atoms. The minimum atomic E-state index is -4.12. The summed E-state index contributed by atoms with van der Waals surface area (Å²) in [6.07, 6.45) is -0.774. The average Bonchev–Trinajstić information content (AvgIpc) is 3.34. The third-order valence-corrected chi connectivity index (χ3v) is 7.98. The molecule has 214 valence electrons. The van der Waals surface area contributed by atoms with E-state index >= 15 is 0 Å². The monoisotopic (exact) mass is 571 g/mol. The number of fused-ring (bicyclic) bond motifs is 1. The van der Waals surface area contributed by atoms with Crippen molar-refractivity contribution >= 4 is 27.4 Å². The quantitative estimate of drug-likeness (QED) is 0.297. The van der Waals surface area contributed by atoms with Gasteiger partial charge >= 0.3 is 6.03 Å². The second-order valence-electron chi connectivity index (χ2n) is 10.8. The molecular weight excluding hydrogens is 537 g/mol. The first kappa shape index (κ1) is 29.3. The summed E-state index contributed by atoms with van der Waals surface area (Å²) in [5.74, 6) is -0.671. The predicted octanol–water partition coefficient (Wildman–Crippen LogP) is 4.59. The highest BCUT2D eigenvalue weighted by Crippen LogP contribution is 2.29. The summed E-state index contributed by atoms with van der Waals surface area (Å²) in [7, 11) is -4.12. The molecule has 1 atom stereocenters. The summed E-state index contributed by atoms with van der Waals surface area (Å²) in [6, 6.07) is 15.6. The van der Waals surface area contributed by atoms with E-state index in [1.807, 2.05) is 24.3 Å². The van der Waals surface area contributed by atoms with E-state index < -0.39 is 28.6 Å². The lowest BCUT2D eigenvalue weighted by molar-refractivity contribution is 0.0753. The molecule has 4 rings (SSSR count). The number of hydrogen-bond acceptors (Lipinski definition) is 6. The van der Waals surface area contributed by atoms with Gasteiger partial charge in [-0.2, -0.15) is 0 Å². The van der Waals surface area contributed by atoms with E-state index in [0.717, 1.165) is 17.2 Å². The smallest absolute Gasteiger partial charge is 0.322 e. The van der Waals surface area contributed by atoms with Gasteiger partial charge in [0.25, 0.3) is 10.0 Å². The Labute approximate surface area is 233 Å². The Morgan fingerprint density at radius 3 is 2.40 bits per heavy atom. The number of aliphatic hydroxyl groups is 2. The van der Waals surface area contributed by atoms with Crippen LogP contribution in [0.2, 0.25) is 0 Å². The van der Waals surface area contributed by atoms with Crippen LogP contribution in [-0.2, 0) is 28.5 Å². The lowest BCUT2D eigenvalue weighted by Gasteiger charge is -2.20. The summed E-state index contributed by atoms with van der Waals surface area (Å²) in [5, 5.41) is 21.1. The standard InChI is InChI=1S/C29H34FN3O6S/c1-29(2,3)21-5-7-22(8-6-21)31-28(36)33-16-19-4-10-25(14-20(19)17-33)40(37,38)32-27-11-9-24(15-26(27)30)39-13-12-23(35)18-34/h4-11,14-15,23,32,34-35H,12-13,16-18H2,1-3H3,(H,31,36). The Bertz CT molecular complexity index is 1470. The van der Waals surface area contributed by atoms with E-state index in [1.54, 1.807) is 11.0 Å². The van der Waals surface area contributed by atoms with Crippen LogP contribution < -0.4 is 14.8 Å². The fourth-order valence-electron chi connectivity index (χ4n) is 4.21. The molecule has 0 aromatic heterocycles. The number of nitrogens with zero attached hydrogens (tertiary/aromatic N) is 1. The van der Waals surface area contributed by atoms with Gasteiger partial charge < -0.3 is 25.2 Å². The summed E-state index contributed by atoms with van der Waals surface area (Å²) in [5.41, 5.74) is 3.10. The topological polar surface area (TPSA) is 128 Å². The molecular formula is C29H34FN3O6S. The fraction of sp³-hybridized carbons (Fsp3) is 0.345. The van der Waals surface area contributed by atoms with Crippen LogP contribution >= 0.6 is 0 Å². The maximum atomic E-state index is 14.6. The maximum Gasteiger partial charge on any atom is 0.322 e. The number of benzene rings is 3. The highest BCUT2D eigenvalue weighted by atomic mass is 32.2. The largest absolute Gasteiger partial charge is 0.493 e. The van der Waals surface area contributed by atoms with Gasteiger partial charge in [0, 0.05) is 31.3 Å². The van der Waals surface area contributed by atoms with Crippen molar-refractivity contribution in [2.75, 3.05) is 23.3 Å². The van der Waals surface area contributed by atoms with Crippen molar-refractivity contribution in [2.45, 2.75) is 56.7 Å². The zero-order valence-electron chi connectivity index (χ0n) is 22.6. The Kier molecular flexibility index (Phi) is 8.67. The van der Waals surface area contributed by atoms with Crippen LogP contribution in [0.3, 0.4) is 0 Å². The van der Waals surface area contributed by atoms with Gasteiger partial charge in [-0.3, -0.25) is 4.72 Å². The molecule has 40 heavy (non-hydrogen) atoms. The fourth-order valence-corrected chi connectivity index (χ4v) is 5.33. The molecule has 3 aromatic carbocycles. The van der Waals surface area contributed by atoms with Crippen LogP contribution in [0.15, 0.2) is 65.6 Å². The van der Waals surface area contributed by atoms with E-state index in [-0.39, 0.29) is 47.4 Å². The van der Waals surface area contributed by atoms with Crippen molar-refractivity contribution < 1.29 is 32.6 Å². The number of sulfonamides is 1. The van der Waals surface area contributed by atoms with Crippen LogP contribution in [0.25, 0.3) is 0 Å². The molecule has 0 saturated carbocycles. The van der Waals surface area contributed by atoms with E-state index in [1.165, 1.54) is 24.3 Å². The van der Waals surface area contributed by atoms with Crippen molar-refractivity contribution in [3.63, 3.8) is 0 Å². The zero-order chi connectivity index (χ0) is 29.1. The molecule has 0 fully saturated rings. The van der Waals surface area contributed by atoms with Gasteiger partial charge in [-0.05, 0) is 58.5 Å². The highest BCUT2D eigenvalue weighted by molar-refractivity contribution is 7.92. The van der Waals surface area contributed by atoms with E-state index in [2.05, 4.69) is 30.8 Å². The molecule has 1 unspecified atom stereocenters. The molecule has 9 nitrogen and oxygen atoms in total. The predicted molar refractivity (Wildman–Crippen MR) is 150 cm³/mol. The van der Waals surface area contributed by atoms with Crippen LogP contribution in [0, 0.1) is 5.82 Å². The number of anilines is 2. The number of nitrogens with one attached hydrogen (secondary N) is 2. The van der Waals surface area contributed by atoms with E-state index in [0.29, 0.717) is 17.8 Å². The first-order chi connectivity index (χ1) is 18.9. The Hall–Kier alpha value is -3.67.